The summed E-state index contributed by atoms with van der Waals surface area (Å²) in [6, 6.07) is 0.393. The third-order valence-electron chi connectivity index (χ3n) is 5.20. The number of nitrogens with one attached hydrogen (secondary N) is 1. The third kappa shape index (κ3) is 2.39. The molecule has 0 spiro atoms. The molecule has 0 aromatic carbocycles. The molecule has 2 heterocycles. The summed E-state index contributed by atoms with van der Waals surface area (Å²) < 4.78 is 5.87. The number of rotatable bonds is 3. The van der Waals surface area contributed by atoms with Gasteiger partial charge in [-0.25, -0.2) is 0 Å². The summed E-state index contributed by atoms with van der Waals surface area (Å²) >= 11 is 0. The zero-order valence-corrected chi connectivity index (χ0v) is 11.6. The highest BCUT2D eigenvalue weighted by Crippen LogP contribution is 2.35. The summed E-state index contributed by atoms with van der Waals surface area (Å²) in [6.45, 7) is 1.97. The molecular formula is C14H24N2O3. The van der Waals surface area contributed by atoms with E-state index >= 15 is 0 Å². The number of carboxylic acids is 1. The Morgan fingerprint density at radius 1 is 1.32 bits per heavy atom. The second kappa shape index (κ2) is 5.04. The molecule has 2 N–H and O–H groups in total. The fraction of sp³-hybridized carbons (Fsp3) is 0.929. The maximum absolute atomic E-state index is 11.6. The fourth-order valence-corrected chi connectivity index (χ4v) is 4.03. The molecule has 0 aromatic heterocycles. The second-order valence-corrected chi connectivity index (χ2v) is 6.30. The Balaban J connectivity index is 1.69. The zero-order chi connectivity index (χ0) is 13.5. The van der Waals surface area contributed by atoms with E-state index in [1.807, 2.05) is 0 Å². The molecule has 5 heteroatoms. The van der Waals surface area contributed by atoms with Gasteiger partial charge in [0.2, 0.25) is 0 Å². The lowest BCUT2D eigenvalue weighted by molar-refractivity contribution is -0.148. The molecular weight excluding hydrogens is 244 g/mol. The summed E-state index contributed by atoms with van der Waals surface area (Å²) in [5.41, 5.74) is -0.722. The molecule has 3 aliphatic rings. The van der Waals surface area contributed by atoms with E-state index < -0.39 is 11.5 Å². The van der Waals surface area contributed by atoms with Gasteiger partial charge in [0.15, 0.2) is 0 Å². The van der Waals surface area contributed by atoms with Gasteiger partial charge >= 0.3 is 5.97 Å². The van der Waals surface area contributed by atoms with Gasteiger partial charge in [0.1, 0.15) is 5.54 Å². The van der Waals surface area contributed by atoms with Gasteiger partial charge < -0.3 is 15.2 Å². The highest BCUT2D eigenvalue weighted by Gasteiger charge is 2.45. The average Bonchev–Trinajstić information content (AvgIpc) is 2.77. The number of aliphatic carboxylic acids is 1. The molecule has 5 nitrogen and oxygen atoms in total. The summed E-state index contributed by atoms with van der Waals surface area (Å²) in [5.74, 6) is -0.698. The standard InChI is InChI=1S/C14H24N2O3/c1-15-14(13(17)18)6-2-3-10(7-14)16-8-11-4-5-12(9-16)19-11/h10-12,15H,2-9H2,1H3,(H,17,18). The van der Waals surface area contributed by atoms with Crippen molar-refractivity contribution in [3.05, 3.63) is 0 Å². The monoisotopic (exact) mass is 268 g/mol. The van der Waals surface area contributed by atoms with Crippen molar-refractivity contribution in [2.24, 2.45) is 0 Å². The number of likely N-dealkylation sites (N-methyl/N-ethyl adjacent to an activating group) is 1. The summed E-state index contributed by atoms with van der Waals surface area (Å²) in [5, 5.41) is 12.6. The molecule has 19 heavy (non-hydrogen) atoms. The van der Waals surface area contributed by atoms with Crippen LogP contribution in [0.4, 0.5) is 0 Å². The van der Waals surface area contributed by atoms with Crippen molar-refractivity contribution in [3.8, 4) is 0 Å². The second-order valence-electron chi connectivity index (χ2n) is 6.30. The first-order valence-electron chi connectivity index (χ1n) is 7.45. The predicted molar refractivity (Wildman–Crippen MR) is 71.2 cm³/mol. The van der Waals surface area contributed by atoms with E-state index in [0.29, 0.717) is 18.2 Å². The quantitative estimate of drug-likeness (QED) is 0.794. The van der Waals surface area contributed by atoms with Crippen LogP contribution in [0.3, 0.4) is 0 Å². The SMILES string of the molecule is CNC1(C(=O)O)CCCC(N2CC3CCC(C2)O3)C1. The molecule has 3 rings (SSSR count). The van der Waals surface area contributed by atoms with E-state index in [9.17, 15) is 9.90 Å². The molecule has 2 bridgehead atoms. The Bertz CT molecular complexity index is 351. The van der Waals surface area contributed by atoms with Crippen LogP contribution in [0.5, 0.6) is 0 Å². The lowest BCUT2D eigenvalue weighted by Gasteiger charge is -2.44. The summed E-state index contributed by atoms with van der Waals surface area (Å²) in [4.78, 5) is 14.1. The molecule has 108 valence electrons. The van der Waals surface area contributed by atoms with Gasteiger partial charge in [-0.1, -0.05) is 0 Å². The number of fused-ring (bicyclic) bond motifs is 2. The Morgan fingerprint density at radius 2 is 2.00 bits per heavy atom. The molecule has 0 aromatic rings. The van der Waals surface area contributed by atoms with Gasteiger partial charge in [0, 0.05) is 19.1 Å². The van der Waals surface area contributed by atoms with Crippen LogP contribution in [0.15, 0.2) is 0 Å². The maximum atomic E-state index is 11.6. The van der Waals surface area contributed by atoms with Crippen molar-refractivity contribution >= 4 is 5.97 Å². The Labute approximate surface area is 114 Å². The number of nitrogens with zero attached hydrogens (tertiary/aromatic N) is 1. The Morgan fingerprint density at radius 3 is 2.58 bits per heavy atom. The molecule has 3 fully saturated rings. The zero-order valence-electron chi connectivity index (χ0n) is 11.6. The molecule has 1 aliphatic carbocycles. The normalized spacial score (nSPS) is 43.3. The van der Waals surface area contributed by atoms with Crippen molar-refractivity contribution in [1.82, 2.24) is 10.2 Å². The Hall–Kier alpha value is -0.650. The van der Waals surface area contributed by atoms with Crippen LogP contribution in [0.1, 0.15) is 38.5 Å². The van der Waals surface area contributed by atoms with Gasteiger partial charge in [-0.05, 0) is 45.6 Å². The van der Waals surface area contributed by atoms with E-state index in [4.69, 9.17) is 4.74 Å². The minimum Gasteiger partial charge on any atom is -0.480 e. The van der Waals surface area contributed by atoms with E-state index in [1.165, 1.54) is 12.8 Å². The minimum absolute atomic E-state index is 0.384. The lowest BCUT2D eigenvalue weighted by atomic mass is 9.78. The first-order valence-corrected chi connectivity index (χ1v) is 7.45. The number of carbonyl (C=O) groups is 1. The first kappa shape index (κ1) is 13.3. The van der Waals surface area contributed by atoms with Gasteiger partial charge in [0.25, 0.3) is 0 Å². The number of hydrogen-bond donors (Lipinski definition) is 2. The number of likely N-dealkylation sites (tertiary alicyclic amines) is 1. The van der Waals surface area contributed by atoms with Crippen LogP contribution < -0.4 is 5.32 Å². The van der Waals surface area contributed by atoms with Crippen LogP contribution in [0.25, 0.3) is 0 Å². The van der Waals surface area contributed by atoms with Crippen molar-refractivity contribution in [2.75, 3.05) is 20.1 Å². The third-order valence-corrected chi connectivity index (χ3v) is 5.20. The first-order chi connectivity index (χ1) is 9.13. The van der Waals surface area contributed by atoms with E-state index in [-0.39, 0.29) is 0 Å². The maximum Gasteiger partial charge on any atom is 0.323 e. The summed E-state index contributed by atoms with van der Waals surface area (Å²) in [7, 11) is 1.78. The van der Waals surface area contributed by atoms with Gasteiger partial charge in [-0.15, -0.1) is 0 Å². The summed E-state index contributed by atoms with van der Waals surface area (Å²) in [6.07, 6.45) is 6.68. The van der Waals surface area contributed by atoms with Crippen LogP contribution in [-0.4, -0.2) is 59.9 Å². The minimum atomic E-state index is -0.722. The molecule has 2 aliphatic heterocycles. The molecule has 0 amide bonds. The number of ether oxygens (including phenoxy) is 1. The van der Waals surface area contributed by atoms with Gasteiger partial charge in [-0.3, -0.25) is 9.69 Å². The largest absolute Gasteiger partial charge is 0.480 e. The van der Waals surface area contributed by atoms with Crippen LogP contribution in [0, 0.1) is 0 Å². The molecule has 2 saturated heterocycles. The number of morpholine rings is 1. The van der Waals surface area contributed by atoms with Crippen molar-refractivity contribution in [3.63, 3.8) is 0 Å². The van der Waals surface area contributed by atoms with Crippen LogP contribution >= 0.6 is 0 Å². The van der Waals surface area contributed by atoms with E-state index in [2.05, 4.69) is 10.2 Å². The highest BCUT2D eigenvalue weighted by molar-refractivity contribution is 5.79. The molecule has 4 unspecified atom stereocenters. The Kier molecular flexibility index (Phi) is 3.53. The fourth-order valence-electron chi connectivity index (χ4n) is 4.03. The highest BCUT2D eigenvalue weighted by atomic mass is 16.5. The van der Waals surface area contributed by atoms with Gasteiger partial charge in [-0.2, -0.15) is 0 Å². The van der Waals surface area contributed by atoms with Crippen LogP contribution in [-0.2, 0) is 9.53 Å². The number of carboxylic acid groups (broad SMARTS) is 1. The van der Waals surface area contributed by atoms with Crippen molar-refractivity contribution in [2.45, 2.75) is 62.3 Å². The van der Waals surface area contributed by atoms with Crippen molar-refractivity contribution in [1.29, 1.82) is 0 Å². The molecule has 4 atom stereocenters. The smallest absolute Gasteiger partial charge is 0.323 e. The van der Waals surface area contributed by atoms with Gasteiger partial charge in [0.05, 0.1) is 12.2 Å². The van der Waals surface area contributed by atoms with E-state index in [1.54, 1.807) is 7.05 Å². The van der Waals surface area contributed by atoms with E-state index in [0.717, 1.165) is 38.8 Å². The topological polar surface area (TPSA) is 61.8 Å². The molecule has 0 radical (unpaired) electrons. The van der Waals surface area contributed by atoms with Crippen LogP contribution in [0.2, 0.25) is 0 Å². The predicted octanol–water partition coefficient (Wildman–Crippen LogP) is 0.835. The van der Waals surface area contributed by atoms with Crippen molar-refractivity contribution < 1.29 is 14.6 Å². The number of hydrogen-bond acceptors (Lipinski definition) is 4. The average molecular weight is 268 g/mol. The lowest BCUT2D eigenvalue weighted by Crippen LogP contribution is -2.59. The molecule has 1 saturated carbocycles.